The summed E-state index contributed by atoms with van der Waals surface area (Å²) in [5.41, 5.74) is 0.977. The van der Waals surface area contributed by atoms with Crippen molar-refractivity contribution in [3.05, 3.63) is 24.0 Å². The number of pyridine rings is 1. The molecule has 5 heteroatoms. The van der Waals surface area contributed by atoms with Gasteiger partial charge in [0.15, 0.2) is 6.79 Å². The first kappa shape index (κ1) is 13.9. The van der Waals surface area contributed by atoms with Crippen molar-refractivity contribution < 1.29 is 14.2 Å². The van der Waals surface area contributed by atoms with Gasteiger partial charge < -0.3 is 19.5 Å². The van der Waals surface area contributed by atoms with Gasteiger partial charge in [0.05, 0.1) is 18.5 Å². The van der Waals surface area contributed by atoms with E-state index in [1.807, 2.05) is 19.1 Å². The summed E-state index contributed by atoms with van der Waals surface area (Å²) in [5, 5.41) is 3.22. The maximum absolute atomic E-state index is 5.32. The minimum atomic E-state index is 0.267. The summed E-state index contributed by atoms with van der Waals surface area (Å²) < 4.78 is 15.3. The number of hydrogen-bond acceptors (Lipinski definition) is 5. The Bertz CT molecular complexity index is 290. The first-order chi connectivity index (χ1) is 8.36. The largest absolute Gasteiger partial charge is 0.466 e. The Hall–Kier alpha value is -1.17. The highest BCUT2D eigenvalue weighted by atomic mass is 16.7. The number of ether oxygens (including phenoxy) is 3. The van der Waals surface area contributed by atoms with Gasteiger partial charge in [-0.25, -0.2) is 0 Å². The van der Waals surface area contributed by atoms with Crippen LogP contribution in [-0.2, 0) is 16.0 Å². The van der Waals surface area contributed by atoms with Crippen LogP contribution in [-0.4, -0.2) is 38.6 Å². The van der Waals surface area contributed by atoms with E-state index in [-0.39, 0.29) is 6.79 Å². The summed E-state index contributed by atoms with van der Waals surface area (Å²) in [6.45, 7) is 5.10. The fraction of sp³-hybridized carbons (Fsp3) is 0.583. The van der Waals surface area contributed by atoms with Crippen molar-refractivity contribution in [3.63, 3.8) is 0 Å². The van der Waals surface area contributed by atoms with Gasteiger partial charge in [-0.05, 0) is 19.1 Å². The molecular weight excluding hydrogens is 220 g/mol. The van der Waals surface area contributed by atoms with Crippen LogP contribution < -0.4 is 10.1 Å². The zero-order valence-electron chi connectivity index (χ0n) is 10.4. The molecular formula is C12H20N2O3. The van der Waals surface area contributed by atoms with Gasteiger partial charge in [0, 0.05) is 26.8 Å². The molecule has 0 aliphatic rings. The lowest BCUT2D eigenvalue weighted by molar-refractivity contribution is 0.0222. The molecule has 17 heavy (non-hydrogen) atoms. The number of methoxy groups -OCH3 is 1. The van der Waals surface area contributed by atoms with Gasteiger partial charge in [-0.3, -0.25) is 4.98 Å². The first-order valence-corrected chi connectivity index (χ1v) is 5.72. The molecule has 5 nitrogen and oxygen atoms in total. The lowest BCUT2D eigenvalue weighted by Crippen LogP contribution is -2.19. The van der Waals surface area contributed by atoms with Crippen molar-refractivity contribution in [3.8, 4) is 5.75 Å². The molecule has 0 bridgehead atoms. The van der Waals surface area contributed by atoms with Crippen LogP contribution in [0.15, 0.2) is 18.3 Å². The summed E-state index contributed by atoms with van der Waals surface area (Å²) in [7, 11) is 1.68. The lowest BCUT2D eigenvalue weighted by Gasteiger charge is -2.07. The zero-order chi connectivity index (χ0) is 12.3. The number of hydrogen-bond donors (Lipinski definition) is 1. The molecule has 0 radical (unpaired) electrons. The molecule has 0 aliphatic carbocycles. The van der Waals surface area contributed by atoms with Crippen LogP contribution in [0.1, 0.15) is 12.6 Å². The number of aromatic nitrogens is 1. The third-order valence-electron chi connectivity index (χ3n) is 2.10. The van der Waals surface area contributed by atoms with Crippen LogP contribution in [0.2, 0.25) is 0 Å². The second kappa shape index (κ2) is 8.92. The van der Waals surface area contributed by atoms with E-state index in [9.17, 15) is 0 Å². The SMILES string of the molecule is CCOCOc1ccc(CNCCOC)nc1. The average Bonchev–Trinajstić information content (AvgIpc) is 2.37. The Morgan fingerprint density at radius 3 is 2.88 bits per heavy atom. The van der Waals surface area contributed by atoms with E-state index in [2.05, 4.69) is 10.3 Å². The van der Waals surface area contributed by atoms with Crippen LogP contribution in [0.25, 0.3) is 0 Å². The van der Waals surface area contributed by atoms with Gasteiger partial charge in [0.25, 0.3) is 0 Å². The Labute approximate surface area is 102 Å². The molecule has 0 spiro atoms. The van der Waals surface area contributed by atoms with Gasteiger partial charge in [-0.2, -0.15) is 0 Å². The van der Waals surface area contributed by atoms with Crippen LogP contribution in [0.4, 0.5) is 0 Å². The summed E-state index contributed by atoms with van der Waals surface area (Å²) in [5.74, 6) is 0.721. The first-order valence-electron chi connectivity index (χ1n) is 5.72. The summed E-state index contributed by atoms with van der Waals surface area (Å²) in [4.78, 5) is 4.27. The van der Waals surface area contributed by atoms with Crippen molar-refractivity contribution in [2.45, 2.75) is 13.5 Å². The number of nitrogens with one attached hydrogen (secondary N) is 1. The van der Waals surface area contributed by atoms with Gasteiger partial charge in [-0.15, -0.1) is 0 Å². The van der Waals surface area contributed by atoms with Crippen molar-refractivity contribution >= 4 is 0 Å². The molecule has 1 aromatic rings. The molecule has 0 amide bonds. The molecule has 96 valence electrons. The third kappa shape index (κ3) is 6.21. The minimum Gasteiger partial charge on any atom is -0.466 e. The van der Waals surface area contributed by atoms with Gasteiger partial charge in [0.1, 0.15) is 5.75 Å². The molecule has 0 unspecified atom stereocenters. The van der Waals surface area contributed by atoms with Crippen LogP contribution in [0, 0.1) is 0 Å². The summed E-state index contributed by atoms with van der Waals surface area (Å²) in [6, 6.07) is 3.82. The predicted molar refractivity (Wildman–Crippen MR) is 64.9 cm³/mol. The van der Waals surface area contributed by atoms with Gasteiger partial charge in [-0.1, -0.05) is 0 Å². The molecule has 0 saturated carbocycles. The highest BCUT2D eigenvalue weighted by Gasteiger charge is 1.96. The predicted octanol–water partition coefficient (Wildman–Crippen LogP) is 1.19. The van der Waals surface area contributed by atoms with E-state index in [0.29, 0.717) is 13.2 Å². The molecule has 0 atom stereocenters. The van der Waals surface area contributed by atoms with Crippen molar-refractivity contribution in [1.82, 2.24) is 10.3 Å². The van der Waals surface area contributed by atoms with Gasteiger partial charge >= 0.3 is 0 Å². The molecule has 0 aromatic carbocycles. The van der Waals surface area contributed by atoms with E-state index in [0.717, 1.165) is 24.5 Å². The minimum absolute atomic E-state index is 0.267. The number of rotatable bonds is 9. The van der Waals surface area contributed by atoms with E-state index in [1.54, 1.807) is 13.3 Å². The Morgan fingerprint density at radius 1 is 1.35 bits per heavy atom. The van der Waals surface area contributed by atoms with E-state index in [4.69, 9.17) is 14.2 Å². The smallest absolute Gasteiger partial charge is 0.189 e. The van der Waals surface area contributed by atoms with Crippen LogP contribution >= 0.6 is 0 Å². The Balaban J connectivity index is 2.24. The van der Waals surface area contributed by atoms with Crippen molar-refractivity contribution in [2.75, 3.05) is 33.7 Å². The molecule has 0 saturated heterocycles. The molecule has 0 fully saturated rings. The van der Waals surface area contributed by atoms with E-state index in [1.165, 1.54) is 0 Å². The topological polar surface area (TPSA) is 52.6 Å². The van der Waals surface area contributed by atoms with Crippen molar-refractivity contribution in [1.29, 1.82) is 0 Å². The third-order valence-corrected chi connectivity index (χ3v) is 2.10. The highest BCUT2D eigenvalue weighted by Crippen LogP contribution is 2.08. The molecule has 0 aliphatic heterocycles. The molecule has 1 heterocycles. The normalized spacial score (nSPS) is 10.5. The molecule has 1 rings (SSSR count). The second-order valence-corrected chi connectivity index (χ2v) is 3.41. The number of nitrogens with zero attached hydrogens (tertiary/aromatic N) is 1. The van der Waals surface area contributed by atoms with Crippen LogP contribution in [0.5, 0.6) is 5.75 Å². The van der Waals surface area contributed by atoms with Crippen LogP contribution in [0.3, 0.4) is 0 Å². The monoisotopic (exact) mass is 240 g/mol. The van der Waals surface area contributed by atoms with E-state index < -0.39 is 0 Å². The second-order valence-electron chi connectivity index (χ2n) is 3.41. The fourth-order valence-electron chi connectivity index (χ4n) is 1.18. The standard InChI is InChI=1S/C12H20N2O3/c1-3-16-10-17-12-5-4-11(14-9-12)8-13-6-7-15-2/h4-5,9,13H,3,6-8,10H2,1-2H3. The van der Waals surface area contributed by atoms with Crippen molar-refractivity contribution in [2.24, 2.45) is 0 Å². The Morgan fingerprint density at radius 2 is 2.24 bits per heavy atom. The zero-order valence-corrected chi connectivity index (χ0v) is 10.4. The summed E-state index contributed by atoms with van der Waals surface area (Å²) in [6.07, 6.45) is 1.70. The molecule has 1 N–H and O–H groups in total. The van der Waals surface area contributed by atoms with E-state index >= 15 is 0 Å². The average molecular weight is 240 g/mol. The quantitative estimate of drug-likeness (QED) is 0.519. The lowest BCUT2D eigenvalue weighted by atomic mass is 10.3. The molecule has 1 aromatic heterocycles. The maximum Gasteiger partial charge on any atom is 0.189 e. The highest BCUT2D eigenvalue weighted by molar-refractivity contribution is 5.19. The fourth-order valence-corrected chi connectivity index (χ4v) is 1.18. The Kier molecular flexibility index (Phi) is 7.29. The maximum atomic E-state index is 5.32. The van der Waals surface area contributed by atoms with Gasteiger partial charge in [0.2, 0.25) is 0 Å². The summed E-state index contributed by atoms with van der Waals surface area (Å²) >= 11 is 0.